The zero-order valence-electron chi connectivity index (χ0n) is 9.75. The molecule has 0 fully saturated rings. The van der Waals surface area contributed by atoms with Crippen LogP contribution in [0.5, 0.6) is 0 Å². The summed E-state index contributed by atoms with van der Waals surface area (Å²) in [5.74, 6) is 1.70. The molecule has 1 rings (SSSR count). The van der Waals surface area contributed by atoms with E-state index in [1.807, 2.05) is 6.92 Å². The maximum absolute atomic E-state index is 5.62. The zero-order chi connectivity index (χ0) is 11.1. The number of aromatic nitrogens is 1. The van der Waals surface area contributed by atoms with E-state index in [0.717, 1.165) is 37.6 Å². The summed E-state index contributed by atoms with van der Waals surface area (Å²) in [6.07, 6.45) is 3.67. The van der Waals surface area contributed by atoms with Crippen molar-refractivity contribution in [1.82, 2.24) is 10.3 Å². The first-order valence-corrected chi connectivity index (χ1v) is 5.44. The molecule has 0 saturated heterocycles. The first-order chi connectivity index (χ1) is 7.27. The third kappa shape index (κ3) is 4.01. The monoisotopic (exact) mass is 212 g/mol. The van der Waals surface area contributed by atoms with Crippen LogP contribution in [0.25, 0.3) is 0 Å². The van der Waals surface area contributed by atoms with Gasteiger partial charge in [0.1, 0.15) is 5.76 Å². The van der Waals surface area contributed by atoms with Crippen molar-refractivity contribution in [2.75, 3.05) is 20.3 Å². The molecule has 1 aromatic rings. The highest BCUT2D eigenvalue weighted by Crippen LogP contribution is 2.13. The maximum atomic E-state index is 5.62. The number of ether oxygens (including phenoxy) is 1. The molecule has 0 aromatic carbocycles. The molecule has 0 radical (unpaired) electrons. The molecule has 1 unspecified atom stereocenters. The average molecular weight is 212 g/mol. The van der Waals surface area contributed by atoms with Crippen LogP contribution in [0, 0.1) is 0 Å². The van der Waals surface area contributed by atoms with Gasteiger partial charge in [-0.2, -0.15) is 0 Å². The number of hydrogen-bond acceptors (Lipinski definition) is 4. The minimum atomic E-state index is 0.186. The summed E-state index contributed by atoms with van der Waals surface area (Å²) in [5, 5.41) is 3.26. The fraction of sp³-hybridized carbons (Fsp3) is 0.727. The predicted octanol–water partition coefficient (Wildman–Crippen LogP) is 1.92. The summed E-state index contributed by atoms with van der Waals surface area (Å²) in [5.41, 5.74) is 0. The van der Waals surface area contributed by atoms with E-state index < -0.39 is 0 Å². The van der Waals surface area contributed by atoms with Crippen LogP contribution >= 0.6 is 0 Å². The van der Waals surface area contributed by atoms with Crippen LogP contribution in [0.2, 0.25) is 0 Å². The van der Waals surface area contributed by atoms with Crippen molar-refractivity contribution in [3.8, 4) is 0 Å². The van der Waals surface area contributed by atoms with Crippen LogP contribution in [0.15, 0.2) is 10.6 Å². The Bertz CT molecular complexity index is 273. The molecule has 0 aliphatic rings. The van der Waals surface area contributed by atoms with Gasteiger partial charge < -0.3 is 14.5 Å². The van der Waals surface area contributed by atoms with E-state index in [0.29, 0.717) is 0 Å². The molecule has 0 aliphatic carbocycles. The number of hydrogen-bond donors (Lipinski definition) is 1. The van der Waals surface area contributed by atoms with Gasteiger partial charge in [-0.15, -0.1) is 0 Å². The van der Waals surface area contributed by atoms with E-state index in [1.165, 1.54) is 0 Å². The van der Waals surface area contributed by atoms with Gasteiger partial charge in [-0.1, -0.05) is 6.92 Å². The van der Waals surface area contributed by atoms with Crippen LogP contribution in [0.3, 0.4) is 0 Å². The van der Waals surface area contributed by atoms with Crippen molar-refractivity contribution in [1.29, 1.82) is 0 Å². The minimum absolute atomic E-state index is 0.186. The summed E-state index contributed by atoms with van der Waals surface area (Å²) in [7, 11) is 1.71. The normalized spacial score (nSPS) is 13.0. The molecule has 0 spiro atoms. The summed E-state index contributed by atoms with van der Waals surface area (Å²) in [6, 6.07) is 0.186. The molecule has 1 atom stereocenters. The van der Waals surface area contributed by atoms with Crippen LogP contribution < -0.4 is 5.32 Å². The highest BCUT2D eigenvalue weighted by molar-refractivity contribution is 4.97. The number of nitrogens with zero attached hydrogens (tertiary/aromatic N) is 1. The van der Waals surface area contributed by atoms with E-state index in [2.05, 4.69) is 17.2 Å². The third-order valence-electron chi connectivity index (χ3n) is 2.22. The fourth-order valence-corrected chi connectivity index (χ4v) is 1.42. The Hall–Kier alpha value is -0.870. The van der Waals surface area contributed by atoms with Gasteiger partial charge in [-0.25, -0.2) is 4.98 Å². The van der Waals surface area contributed by atoms with E-state index in [1.54, 1.807) is 13.3 Å². The smallest absolute Gasteiger partial charge is 0.211 e. The molecule has 1 aromatic heterocycles. The molecule has 4 nitrogen and oxygen atoms in total. The molecule has 86 valence electrons. The fourth-order valence-electron chi connectivity index (χ4n) is 1.42. The number of nitrogens with one attached hydrogen (secondary N) is 1. The Morgan fingerprint density at radius 3 is 3.07 bits per heavy atom. The molecule has 1 N–H and O–H groups in total. The number of rotatable bonds is 7. The molecule has 1 heterocycles. The van der Waals surface area contributed by atoms with Gasteiger partial charge in [0.2, 0.25) is 5.89 Å². The molecule has 0 aliphatic heterocycles. The van der Waals surface area contributed by atoms with Crippen molar-refractivity contribution in [2.45, 2.75) is 32.7 Å². The largest absolute Gasteiger partial charge is 0.444 e. The summed E-state index contributed by atoms with van der Waals surface area (Å²) >= 11 is 0. The lowest BCUT2D eigenvalue weighted by atomic mass is 10.3. The molecule has 4 heteroatoms. The number of methoxy groups -OCH3 is 1. The Kier molecular flexibility index (Phi) is 5.36. The lowest BCUT2D eigenvalue weighted by molar-refractivity contribution is 0.193. The Labute approximate surface area is 91.0 Å². The van der Waals surface area contributed by atoms with Crippen molar-refractivity contribution in [3.63, 3.8) is 0 Å². The van der Waals surface area contributed by atoms with E-state index >= 15 is 0 Å². The molecule has 0 amide bonds. The Balaban J connectivity index is 2.41. The topological polar surface area (TPSA) is 47.3 Å². The molecular weight excluding hydrogens is 192 g/mol. The van der Waals surface area contributed by atoms with Crippen molar-refractivity contribution >= 4 is 0 Å². The molecular formula is C11H20N2O2. The molecule has 15 heavy (non-hydrogen) atoms. The molecule has 0 bridgehead atoms. The van der Waals surface area contributed by atoms with Crippen molar-refractivity contribution in [2.24, 2.45) is 0 Å². The third-order valence-corrected chi connectivity index (χ3v) is 2.22. The highest BCUT2D eigenvalue weighted by Gasteiger charge is 2.10. The van der Waals surface area contributed by atoms with Gasteiger partial charge >= 0.3 is 0 Å². The lowest BCUT2D eigenvalue weighted by Gasteiger charge is -2.06. The van der Waals surface area contributed by atoms with E-state index in [-0.39, 0.29) is 6.04 Å². The van der Waals surface area contributed by atoms with E-state index in [4.69, 9.17) is 9.15 Å². The second-order valence-corrected chi connectivity index (χ2v) is 3.54. The van der Waals surface area contributed by atoms with Crippen LogP contribution in [0.4, 0.5) is 0 Å². The summed E-state index contributed by atoms with van der Waals surface area (Å²) in [4.78, 5) is 4.24. The average Bonchev–Trinajstić information content (AvgIpc) is 2.67. The van der Waals surface area contributed by atoms with Crippen LogP contribution in [-0.4, -0.2) is 25.2 Å². The van der Waals surface area contributed by atoms with Gasteiger partial charge in [-0.05, 0) is 19.9 Å². The highest BCUT2D eigenvalue weighted by atomic mass is 16.5. The second-order valence-electron chi connectivity index (χ2n) is 3.54. The molecule has 0 saturated carbocycles. The van der Waals surface area contributed by atoms with Gasteiger partial charge in [0.25, 0.3) is 0 Å². The van der Waals surface area contributed by atoms with Gasteiger partial charge in [0.15, 0.2) is 0 Å². The standard InChI is InChI=1S/C11H20N2O2/c1-4-12-9(2)11-13-8-10(15-11)6-5-7-14-3/h8-9,12H,4-7H2,1-3H3. The second kappa shape index (κ2) is 6.58. The van der Waals surface area contributed by atoms with Gasteiger partial charge in [0.05, 0.1) is 12.2 Å². The van der Waals surface area contributed by atoms with Gasteiger partial charge in [-0.3, -0.25) is 0 Å². The quantitative estimate of drug-likeness (QED) is 0.701. The summed E-state index contributed by atoms with van der Waals surface area (Å²) < 4.78 is 10.6. The van der Waals surface area contributed by atoms with Crippen molar-refractivity contribution in [3.05, 3.63) is 17.8 Å². The predicted molar refractivity (Wildman–Crippen MR) is 58.8 cm³/mol. The summed E-state index contributed by atoms with van der Waals surface area (Å²) in [6.45, 7) is 5.80. The zero-order valence-corrected chi connectivity index (χ0v) is 9.75. The minimum Gasteiger partial charge on any atom is -0.444 e. The van der Waals surface area contributed by atoms with Gasteiger partial charge in [0, 0.05) is 20.1 Å². The number of aryl methyl sites for hydroxylation is 1. The Morgan fingerprint density at radius 1 is 1.60 bits per heavy atom. The first-order valence-electron chi connectivity index (χ1n) is 5.44. The van der Waals surface area contributed by atoms with Crippen LogP contribution in [-0.2, 0) is 11.2 Å². The Morgan fingerprint density at radius 2 is 2.40 bits per heavy atom. The first kappa shape index (κ1) is 12.2. The van der Waals surface area contributed by atoms with Crippen LogP contribution in [0.1, 0.15) is 38.0 Å². The number of oxazole rings is 1. The maximum Gasteiger partial charge on any atom is 0.211 e. The lowest BCUT2D eigenvalue weighted by Crippen LogP contribution is -2.17. The SMILES string of the molecule is CCNC(C)c1ncc(CCCOC)o1. The van der Waals surface area contributed by atoms with E-state index in [9.17, 15) is 0 Å². The van der Waals surface area contributed by atoms with Crippen molar-refractivity contribution < 1.29 is 9.15 Å².